The molecule has 1 fully saturated rings. The van der Waals surface area contributed by atoms with Crippen LogP contribution < -0.4 is 5.43 Å². The van der Waals surface area contributed by atoms with Gasteiger partial charge in [0.2, 0.25) is 0 Å². The van der Waals surface area contributed by atoms with Crippen LogP contribution in [0.2, 0.25) is 0 Å². The first-order chi connectivity index (χ1) is 9.33. The zero-order valence-electron chi connectivity index (χ0n) is 11.6. The summed E-state index contributed by atoms with van der Waals surface area (Å²) in [5.41, 5.74) is 4.85. The molecule has 0 spiro atoms. The number of likely N-dealkylation sites (tertiary alicyclic amines) is 1. The van der Waals surface area contributed by atoms with E-state index in [0.717, 1.165) is 25.6 Å². The Hall–Kier alpha value is -1.32. The van der Waals surface area contributed by atoms with E-state index in [1.54, 1.807) is 0 Å². The zero-order chi connectivity index (χ0) is 13.1. The predicted octanol–water partition coefficient (Wildman–Crippen LogP) is 2.23. The summed E-state index contributed by atoms with van der Waals surface area (Å²) in [7, 11) is 0. The zero-order valence-corrected chi connectivity index (χ0v) is 11.6. The maximum Gasteiger partial charge on any atom is 0.0601 e. The summed E-state index contributed by atoms with van der Waals surface area (Å²) in [6.45, 7) is 6.78. The first kappa shape index (κ1) is 12.7. The second kappa shape index (κ2) is 5.76. The second-order valence-corrected chi connectivity index (χ2v) is 5.71. The fourth-order valence-corrected chi connectivity index (χ4v) is 3.07. The van der Waals surface area contributed by atoms with Gasteiger partial charge in [-0.25, -0.2) is 5.43 Å². The largest absolute Gasteiger partial charge is 0.311 e. The van der Waals surface area contributed by atoms with Crippen molar-refractivity contribution < 1.29 is 0 Å². The monoisotopic (exact) mass is 257 g/mol. The molecule has 1 aromatic carbocycles. The number of hydrazine groups is 1. The Kier molecular flexibility index (Phi) is 3.85. The van der Waals surface area contributed by atoms with Crippen LogP contribution in [0.15, 0.2) is 42.6 Å². The molecule has 2 aliphatic heterocycles. The van der Waals surface area contributed by atoms with Crippen molar-refractivity contribution in [3.05, 3.63) is 48.2 Å². The summed E-state index contributed by atoms with van der Waals surface area (Å²) >= 11 is 0. The van der Waals surface area contributed by atoms with Crippen molar-refractivity contribution in [3.8, 4) is 0 Å². The lowest BCUT2D eigenvalue weighted by molar-refractivity contribution is 0.0640. The number of nitrogens with one attached hydrogen (secondary N) is 1. The summed E-state index contributed by atoms with van der Waals surface area (Å²) in [5, 5.41) is 2.31. The Morgan fingerprint density at radius 1 is 1.26 bits per heavy atom. The van der Waals surface area contributed by atoms with Gasteiger partial charge in [-0.15, -0.1) is 0 Å². The number of rotatable bonds is 3. The lowest BCUT2D eigenvalue weighted by atomic mass is 9.93. The van der Waals surface area contributed by atoms with Gasteiger partial charge < -0.3 is 5.01 Å². The van der Waals surface area contributed by atoms with Gasteiger partial charge in [0.25, 0.3) is 0 Å². The molecule has 3 heteroatoms. The van der Waals surface area contributed by atoms with Crippen molar-refractivity contribution in [1.29, 1.82) is 0 Å². The number of hydrogen-bond acceptors (Lipinski definition) is 3. The van der Waals surface area contributed by atoms with Crippen molar-refractivity contribution in [1.82, 2.24) is 15.3 Å². The molecule has 0 saturated carbocycles. The van der Waals surface area contributed by atoms with Crippen LogP contribution in [0.4, 0.5) is 0 Å². The normalized spacial score (nSPS) is 27.9. The fourth-order valence-electron chi connectivity index (χ4n) is 3.07. The summed E-state index contributed by atoms with van der Waals surface area (Å²) < 4.78 is 0. The fraction of sp³-hybridized carbons (Fsp3) is 0.500. The molecule has 0 amide bonds. The standard InChI is InChI=1S/C16H23N3/c1-14-8-11-18(12-15-6-3-2-4-7-15)13-16(14)19-10-5-9-17-19/h2-7,10,14,16-17H,8-9,11-13H2,1H3/t14-,16-/m1/s1. The van der Waals surface area contributed by atoms with E-state index in [0.29, 0.717) is 6.04 Å². The van der Waals surface area contributed by atoms with Crippen molar-refractivity contribution in [3.63, 3.8) is 0 Å². The number of nitrogens with zero attached hydrogens (tertiary/aromatic N) is 2. The van der Waals surface area contributed by atoms with Crippen molar-refractivity contribution in [2.75, 3.05) is 19.6 Å². The summed E-state index contributed by atoms with van der Waals surface area (Å²) in [6.07, 6.45) is 5.68. The molecule has 102 valence electrons. The molecular formula is C16H23N3. The van der Waals surface area contributed by atoms with Gasteiger partial charge >= 0.3 is 0 Å². The molecule has 0 aliphatic carbocycles. The Bertz CT molecular complexity index is 429. The van der Waals surface area contributed by atoms with Crippen LogP contribution in [0.25, 0.3) is 0 Å². The van der Waals surface area contributed by atoms with E-state index in [1.165, 1.54) is 18.5 Å². The SMILES string of the molecule is C[C@@H]1CCN(Cc2ccccc2)C[C@H]1N1C=CCN1. The van der Waals surface area contributed by atoms with E-state index in [4.69, 9.17) is 0 Å². The molecule has 2 atom stereocenters. The number of benzene rings is 1. The number of hydrogen-bond donors (Lipinski definition) is 1. The average molecular weight is 257 g/mol. The third-order valence-corrected chi connectivity index (χ3v) is 4.27. The molecule has 3 nitrogen and oxygen atoms in total. The average Bonchev–Trinajstić information content (AvgIpc) is 2.96. The Labute approximate surface area is 115 Å². The van der Waals surface area contributed by atoms with Gasteiger partial charge in [-0.3, -0.25) is 4.90 Å². The summed E-state index contributed by atoms with van der Waals surface area (Å²) in [4.78, 5) is 2.58. The van der Waals surface area contributed by atoms with Gasteiger partial charge in [0.15, 0.2) is 0 Å². The molecular weight excluding hydrogens is 234 g/mol. The maximum atomic E-state index is 3.44. The smallest absolute Gasteiger partial charge is 0.0601 e. The first-order valence-electron chi connectivity index (χ1n) is 7.28. The highest BCUT2D eigenvalue weighted by atomic mass is 15.5. The van der Waals surface area contributed by atoms with Crippen molar-refractivity contribution in [2.45, 2.75) is 25.9 Å². The van der Waals surface area contributed by atoms with Crippen LogP contribution in [0.5, 0.6) is 0 Å². The third-order valence-electron chi connectivity index (χ3n) is 4.27. The molecule has 2 heterocycles. The van der Waals surface area contributed by atoms with E-state index in [2.05, 4.69) is 64.9 Å². The molecule has 1 N–H and O–H groups in total. The second-order valence-electron chi connectivity index (χ2n) is 5.71. The van der Waals surface area contributed by atoms with E-state index < -0.39 is 0 Å². The molecule has 0 radical (unpaired) electrons. The van der Waals surface area contributed by atoms with Crippen LogP contribution >= 0.6 is 0 Å². The first-order valence-corrected chi connectivity index (χ1v) is 7.28. The third kappa shape index (κ3) is 2.99. The number of piperidine rings is 1. The molecule has 3 rings (SSSR count). The minimum absolute atomic E-state index is 0.594. The van der Waals surface area contributed by atoms with E-state index in [-0.39, 0.29) is 0 Å². The molecule has 2 aliphatic rings. The lowest BCUT2D eigenvalue weighted by Gasteiger charge is -2.41. The highest BCUT2D eigenvalue weighted by Crippen LogP contribution is 2.23. The van der Waals surface area contributed by atoms with Crippen LogP contribution in [0, 0.1) is 5.92 Å². The van der Waals surface area contributed by atoms with Gasteiger partial charge in [0.1, 0.15) is 0 Å². The molecule has 0 bridgehead atoms. The van der Waals surface area contributed by atoms with Crippen LogP contribution in [0.1, 0.15) is 18.9 Å². The molecule has 0 aromatic heterocycles. The lowest BCUT2D eigenvalue weighted by Crippen LogP contribution is -2.52. The maximum absolute atomic E-state index is 3.44. The van der Waals surface area contributed by atoms with Crippen LogP contribution in [0.3, 0.4) is 0 Å². The minimum atomic E-state index is 0.594. The van der Waals surface area contributed by atoms with Crippen molar-refractivity contribution in [2.24, 2.45) is 5.92 Å². The van der Waals surface area contributed by atoms with E-state index in [9.17, 15) is 0 Å². The topological polar surface area (TPSA) is 18.5 Å². The Balaban J connectivity index is 1.63. The van der Waals surface area contributed by atoms with Gasteiger partial charge in [0.05, 0.1) is 6.04 Å². The van der Waals surface area contributed by atoms with Gasteiger partial charge in [-0.1, -0.05) is 43.3 Å². The van der Waals surface area contributed by atoms with Crippen molar-refractivity contribution >= 4 is 0 Å². The Morgan fingerprint density at radius 2 is 2.11 bits per heavy atom. The van der Waals surface area contributed by atoms with Gasteiger partial charge in [0, 0.05) is 25.8 Å². The van der Waals surface area contributed by atoms with E-state index >= 15 is 0 Å². The molecule has 1 aromatic rings. The minimum Gasteiger partial charge on any atom is -0.311 e. The quantitative estimate of drug-likeness (QED) is 0.896. The highest BCUT2D eigenvalue weighted by Gasteiger charge is 2.30. The summed E-state index contributed by atoms with van der Waals surface area (Å²) in [5.74, 6) is 0.752. The van der Waals surface area contributed by atoms with Crippen LogP contribution in [-0.4, -0.2) is 35.6 Å². The van der Waals surface area contributed by atoms with Gasteiger partial charge in [-0.05, 0) is 24.4 Å². The predicted molar refractivity (Wildman–Crippen MR) is 78.3 cm³/mol. The van der Waals surface area contributed by atoms with Gasteiger partial charge in [-0.2, -0.15) is 0 Å². The highest BCUT2D eigenvalue weighted by molar-refractivity contribution is 5.14. The molecule has 1 saturated heterocycles. The molecule has 0 unspecified atom stereocenters. The van der Waals surface area contributed by atoms with Crippen LogP contribution in [-0.2, 0) is 6.54 Å². The molecule has 19 heavy (non-hydrogen) atoms. The van der Waals surface area contributed by atoms with E-state index in [1.807, 2.05) is 0 Å². The Morgan fingerprint density at radius 3 is 2.84 bits per heavy atom. The summed E-state index contributed by atoms with van der Waals surface area (Å²) in [6, 6.07) is 11.4.